The van der Waals surface area contributed by atoms with Crippen LogP contribution >= 0.6 is 23.2 Å². The van der Waals surface area contributed by atoms with Gasteiger partial charge >= 0.3 is 0 Å². The summed E-state index contributed by atoms with van der Waals surface area (Å²) in [5.41, 5.74) is 4.20. The predicted molar refractivity (Wildman–Crippen MR) is 76.6 cm³/mol. The minimum atomic E-state index is -0.303. The van der Waals surface area contributed by atoms with E-state index in [1.165, 1.54) is 12.1 Å². The highest BCUT2D eigenvalue weighted by molar-refractivity contribution is 6.36. The summed E-state index contributed by atoms with van der Waals surface area (Å²) in [6, 6.07) is 11.3. The largest absolute Gasteiger partial charge is 0.271 e. The van der Waals surface area contributed by atoms with Crippen molar-refractivity contribution >= 4 is 23.2 Å². The van der Waals surface area contributed by atoms with Gasteiger partial charge in [0.1, 0.15) is 5.82 Å². The van der Waals surface area contributed by atoms with Gasteiger partial charge in [-0.25, -0.2) is 4.39 Å². The summed E-state index contributed by atoms with van der Waals surface area (Å²) < 4.78 is 13.2. The lowest BCUT2D eigenvalue weighted by atomic mass is 9.99. The van der Waals surface area contributed by atoms with Crippen LogP contribution in [0.2, 0.25) is 10.0 Å². The van der Waals surface area contributed by atoms with E-state index >= 15 is 0 Å². The highest BCUT2D eigenvalue weighted by Gasteiger charge is 2.15. The Bertz CT molecular complexity index is 555. The first-order valence-corrected chi connectivity index (χ1v) is 6.52. The smallest absolute Gasteiger partial charge is 0.123 e. The molecule has 0 saturated heterocycles. The molecule has 1 unspecified atom stereocenters. The van der Waals surface area contributed by atoms with Crippen LogP contribution in [0.3, 0.4) is 0 Å². The maximum atomic E-state index is 13.2. The van der Waals surface area contributed by atoms with E-state index in [9.17, 15) is 4.39 Å². The molecule has 0 aliphatic rings. The SMILES string of the molecule is NNC(Cc1c(Cl)cccc1Cl)c1cccc(F)c1. The lowest BCUT2D eigenvalue weighted by Crippen LogP contribution is -2.29. The molecule has 0 amide bonds. The molecule has 0 radical (unpaired) electrons. The number of halogens is 3. The Labute approximate surface area is 121 Å². The quantitative estimate of drug-likeness (QED) is 0.664. The average molecular weight is 299 g/mol. The summed E-state index contributed by atoms with van der Waals surface area (Å²) in [5.74, 6) is 5.24. The van der Waals surface area contributed by atoms with Gasteiger partial charge in [0.15, 0.2) is 0 Å². The van der Waals surface area contributed by atoms with Crippen molar-refractivity contribution in [2.24, 2.45) is 5.84 Å². The van der Waals surface area contributed by atoms with Crippen molar-refractivity contribution in [3.05, 3.63) is 69.5 Å². The first kappa shape index (κ1) is 14.3. The van der Waals surface area contributed by atoms with Crippen molar-refractivity contribution < 1.29 is 4.39 Å². The molecule has 0 aliphatic heterocycles. The molecule has 0 heterocycles. The fourth-order valence-electron chi connectivity index (χ4n) is 1.93. The second-order valence-corrected chi connectivity index (χ2v) is 4.99. The van der Waals surface area contributed by atoms with E-state index < -0.39 is 0 Å². The zero-order valence-electron chi connectivity index (χ0n) is 10.0. The van der Waals surface area contributed by atoms with Crippen LogP contribution in [0.15, 0.2) is 42.5 Å². The fourth-order valence-corrected chi connectivity index (χ4v) is 2.48. The summed E-state index contributed by atoms with van der Waals surface area (Å²) in [5, 5.41) is 1.15. The number of nitrogens with one attached hydrogen (secondary N) is 1. The third-order valence-corrected chi connectivity index (χ3v) is 3.63. The van der Waals surface area contributed by atoms with Gasteiger partial charge in [0.05, 0.1) is 6.04 Å². The summed E-state index contributed by atoms with van der Waals surface area (Å²) in [6.07, 6.45) is 0.485. The lowest BCUT2D eigenvalue weighted by Gasteiger charge is -2.18. The van der Waals surface area contributed by atoms with E-state index in [-0.39, 0.29) is 11.9 Å². The van der Waals surface area contributed by atoms with Crippen LogP contribution in [0.1, 0.15) is 17.2 Å². The van der Waals surface area contributed by atoms with Crippen LogP contribution in [0, 0.1) is 5.82 Å². The van der Waals surface area contributed by atoms with Gasteiger partial charge in [0.2, 0.25) is 0 Å². The molecule has 2 rings (SSSR count). The molecule has 100 valence electrons. The van der Waals surface area contributed by atoms with Crippen molar-refractivity contribution in [1.82, 2.24) is 5.43 Å². The molecule has 0 aliphatic carbocycles. The van der Waals surface area contributed by atoms with Gasteiger partial charge in [-0.15, -0.1) is 0 Å². The van der Waals surface area contributed by atoms with Gasteiger partial charge in [0, 0.05) is 10.0 Å². The molecule has 0 aromatic heterocycles. The molecule has 0 spiro atoms. The van der Waals surface area contributed by atoms with E-state index in [0.29, 0.717) is 16.5 Å². The number of nitrogens with two attached hydrogens (primary N) is 1. The first-order valence-electron chi connectivity index (χ1n) is 5.76. The van der Waals surface area contributed by atoms with Gasteiger partial charge in [0.25, 0.3) is 0 Å². The number of hydrazine groups is 1. The Morgan fingerprint density at radius 1 is 1.11 bits per heavy atom. The zero-order valence-corrected chi connectivity index (χ0v) is 11.5. The Morgan fingerprint density at radius 3 is 2.32 bits per heavy atom. The van der Waals surface area contributed by atoms with E-state index in [2.05, 4.69) is 5.43 Å². The molecule has 1 atom stereocenters. The third kappa shape index (κ3) is 3.45. The van der Waals surface area contributed by atoms with Crippen molar-refractivity contribution in [3.63, 3.8) is 0 Å². The second-order valence-electron chi connectivity index (χ2n) is 4.18. The maximum Gasteiger partial charge on any atom is 0.123 e. The van der Waals surface area contributed by atoms with E-state index in [0.717, 1.165) is 11.1 Å². The first-order chi connectivity index (χ1) is 9.11. The summed E-state index contributed by atoms with van der Waals surface area (Å²) in [4.78, 5) is 0. The van der Waals surface area contributed by atoms with Crippen LogP contribution in [-0.4, -0.2) is 0 Å². The maximum absolute atomic E-state index is 13.2. The van der Waals surface area contributed by atoms with Crippen molar-refractivity contribution in [1.29, 1.82) is 0 Å². The Morgan fingerprint density at radius 2 is 1.74 bits per heavy atom. The van der Waals surface area contributed by atoms with E-state index in [4.69, 9.17) is 29.0 Å². The number of rotatable bonds is 4. The van der Waals surface area contributed by atoms with E-state index in [1.54, 1.807) is 30.3 Å². The minimum Gasteiger partial charge on any atom is -0.271 e. The van der Waals surface area contributed by atoms with Crippen molar-refractivity contribution in [2.45, 2.75) is 12.5 Å². The minimum absolute atomic E-state index is 0.256. The van der Waals surface area contributed by atoms with Crippen molar-refractivity contribution in [3.8, 4) is 0 Å². The fraction of sp³-hybridized carbons (Fsp3) is 0.143. The molecule has 5 heteroatoms. The van der Waals surface area contributed by atoms with Crippen LogP contribution in [0.4, 0.5) is 4.39 Å². The van der Waals surface area contributed by atoms with Gasteiger partial charge in [-0.1, -0.05) is 41.4 Å². The molecule has 0 saturated carbocycles. The van der Waals surface area contributed by atoms with Gasteiger partial charge in [-0.3, -0.25) is 11.3 Å². The molecule has 19 heavy (non-hydrogen) atoms. The highest BCUT2D eigenvalue weighted by atomic mass is 35.5. The summed E-state index contributed by atoms with van der Waals surface area (Å²) >= 11 is 12.2. The Balaban J connectivity index is 2.29. The standard InChI is InChI=1S/C14H13Cl2FN2/c15-12-5-2-6-13(16)11(12)8-14(19-18)9-3-1-4-10(17)7-9/h1-7,14,19H,8,18H2. The predicted octanol–water partition coefficient (Wildman–Crippen LogP) is 3.88. The summed E-state index contributed by atoms with van der Waals surface area (Å²) in [6.45, 7) is 0. The molecule has 2 aromatic carbocycles. The van der Waals surface area contributed by atoms with Crippen LogP contribution in [0.5, 0.6) is 0 Å². The number of hydrogen-bond donors (Lipinski definition) is 2. The van der Waals surface area contributed by atoms with Crippen LogP contribution in [0.25, 0.3) is 0 Å². The van der Waals surface area contributed by atoms with Crippen LogP contribution < -0.4 is 11.3 Å². The molecular formula is C14H13Cl2FN2. The monoisotopic (exact) mass is 298 g/mol. The molecule has 2 aromatic rings. The topological polar surface area (TPSA) is 38.0 Å². The van der Waals surface area contributed by atoms with Crippen LogP contribution in [-0.2, 0) is 6.42 Å². The number of benzene rings is 2. The highest BCUT2D eigenvalue weighted by Crippen LogP contribution is 2.29. The molecule has 0 fully saturated rings. The van der Waals surface area contributed by atoms with Gasteiger partial charge in [-0.2, -0.15) is 0 Å². The van der Waals surface area contributed by atoms with Gasteiger partial charge in [-0.05, 0) is 41.8 Å². The Hall–Kier alpha value is -1.13. The summed E-state index contributed by atoms with van der Waals surface area (Å²) in [7, 11) is 0. The molecule has 2 nitrogen and oxygen atoms in total. The number of hydrogen-bond acceptors (Lipinski definition) is 2. The average Bonchev–Trinajstić information content (AvgIpc) is 2.38. The van der Waals surface area contributed by atoms with Gasteiger partial charge < -0.3 is 0 Å². The zero-order chi connectivity index (χ0) is 13.8. The second kappa shape index (κ2) is 6.35. The molecule has 0 bridgehead atoms. The normalized spacial score (nSPS) is 12.4. The third-order valence-electron chi connectivity index (χ3n) is 2.92. The molecular weight excluding hydrogens is 286 g/mol. The van der Waals surface area contributed by atoms with Crippen molar-refractivity contribution in [2.75, 3.05) is 0 Å². The van der Waals surface area contributed by atoms with E-state index in [1.807, 2.05) is 0 Å². The molecule has 3 N–H and O–H groups in total. The lowest BCUT2D eigenvalue weighted by molar-refractivity contribution is 0.544. The Kier molecular flexibility index (Phi) is 4.77.